The number of unbranched alkanes of at least 4 members (excludes halogenated alkanes) is 3. The summed E-state index contributed by atoms with van der Waals surface area (Å²) >= 11 is 0. The number of carbonyl (C=O) groups is 1. The fourth-order valence-electron chi connectivity index (χ4n) is 3.31. The lowest BCUT2D eigenvalue weighted by atomic mass is 10.1. The molecule has 3 aromatic rings. The Morgan fingerprint density at radius 2 is 1.78 bits per heavy atom. The Bertz CT molecular complexity index is 922. The van der Waals surface area contributed by atoms with E-state index in [0.29, 0.717) is 0 Å². The number of rotatable bonds is 8. The molecule has 0 saturated carbocycles. The summed E-state index contributed by atoms with van der Waals surface area (Å²) in [6.45, 7) is 3.42. The van der Waals surface area contributed by atoms with Crippen LogP contribution in [0.1, 0.15) is 48.5 Å². The van der Waals surface area contributed by atoms with Crippen LogP contribution in [-0.2, 0) is 6.54 Å². The molecule has 0 aliphatic carbocycles. The quantitative estimate of drug-likeness (QED) is 0.480. The standard InChI is InChI=1S/C23H28N3O/c1-19(27)26-18-21(22-8-4-5-9-23(22)26)11-10-20-12-16-25(17-13-20)15-7-3-2-6-14-24/h4-5,8-13,16-18H,2-3,6-7,14-15,24H2,1H3/q+1. The molecule has 2 N–H and O–H groups in total. The molecule has 2 aromatic heterocycles. The Hall–Kier alpha value is -2.72. The summed E-state index contributed by atoms with van der Waals surface area (Å²) in [6, 6.07) is 12.2. The van der Waals surface area contributed by atoms with Gasteiger partial charge in [-0.25, -0.2) is 4.57 Å². The number of nitrogens with two attached hydrogens (primary N) is 1. The van der Waals surface area contributed by atoms with Gasteiger partial charge in [-0.15, -0.1) is 0 Å². The van der Waals surface area contributed by atoms with Crippen LogP contribution in [0.4, 0.5) is 0 Å². The smallest absolute Gasteiger partial charge is 0.227 e. The molecule has 0 radical (unpaired) electrons. The molecule has 0 bridgehead atoms. The van der Waals surface area contributed by atoms with Crippen LogP contribution in [0.15, 0.2) is 55.0 Å². The number of aryl methyl sites for hydroxylation is 1. The molecule has 1 aromatic carbocycles. The van der Waals surface area contributed by atoms with E-state index in [1.165, 1.54) is 19.3 Å². The molecule has 0 fully saturated rings. The van der Waals surface area contributed by atoms with Crippen LogP contribution in [0.25, 0.3) is 23.1 Å². The predicted octanol–water partition coefficient (Wildman–Crippen LogP) is 4.28. The average Bonchev–Trinajstić information content (AvgIpc) is 3.06. The van der Waals surface area contributed by atoms with Gasteiger partial charge in [0, 0.05) is 42.6 Å². The minimum absolute atomic E-state index is 0.0260. The highest BCUT2D eigenvalue weighted by Gasteiger charge is 2.08. The van der Waals surface area contributed by atoms with E-state index in [1.807, 2.05) is 24.4 Å². The summed E-state index contributed by atoms with van der Waals surface area (Å²) in [5.41, 5.74) is 8.68. The molecule has 0 amide bonds. The van der Waals surface area contributed by atoms with Crippen LogP contribution in [0.3, 0.4) is 0 Å². The van der Waals surface area contributed by atoms with Gasteiger partial charge in [0.2, 0.25) is 5.91 Å². The number of para-hydroxylation sites is 1. The summed E-state index contributed by atoms with van der Waals surface area (Å²) in [5, 5.41) is 1.09. The van der Waals surface area contributed by atoms with Crippen molar-refractivity contribution in [1.82, 2.24) is 4.57 Å². The lowest BCUT2D eigenvalue weighted by Gasteiger charge is -1.98. The summed E-state index contributed by atoms with van der Waals surface area (Å²) in [4.78, 5) is 11.9. The highest BCUT2D eigenvalue weighted by atomic mass is 16.1. The third-order valence-electron chi connectivity index (χ3n) is 4.82. The van der Waals surface area contributed by atoms with Crippen molar-refractivity contribution in [3.63, 3.8) is 0 Å². The molecular formula is C23H28N3O+. The SMILES string of the molecule is CC(=O)n1cc(/C=C/c2cc[n+](CCCCCCN)cc2)c2ccccc21. The van der Waals surface area contributed by atoms with Gasteiger partial charge in [0.15, 0.2) is 12.4 Å². The summed E-state index contributed by atoms with van der Waals surface area (Å²) in [6.07, 6.45) is 15.1. The number of aromatic nitrogens is 2. The van der Waals surface area contributed by atoms with Gasteiger partial charge >= 0.3 is 0 Å². The molecule has 4 nitrogen and oxygen atoms in total. The molecule has 0 aliphatic rings. The van der Waals surface area contributed by atoms with Gasteiger partial charge in [0.25, 0.3) is 0 Å². The molecule has 3 rings (SSSR count). The molecule has 0 unspecified atom stereocenters. The second-order valence-electron chi connectivity index (χ2n) is 6.90. The van der Waals surface area contributed by atoms with Crippen LogP contribution in [-0.4, -0.2) is 17.0 Å². The highest BCUT2D eigenvalue weighted by molar-refractivity contribution is 5.98. The van der Waals surface area contributed by atoms with Gasteiger partial charge in [-0.05, 0) is 31.0 Å². The Morgan fingerprint density at radius 3 is 2.52 bits per heavy atom. The van der Waals surface area contributed by atoms with Crippen LogP contribution < -0.4 is 10.3 Å². The normalized spacial score (nSPS) is 11.5. The zero-order valence-corrected chi connectivity index (χ0v) is 16.0. The van der Waals surface area contributed by atoms with Crippen molar-refractivity contribution < 1.29 is 9.36 Å². The monoisotopic (exact) mass is 362 g/mol. The highest BCUT2D eigenvalue weighted by Crippen LogP contribution is 2.23. The average molecular weight is 362 g/mol. The number of pyridine rings is 1. The largest absolute Gasteiger partial charge is 0.330 e. The van der Waals surface area contributed by atoms with Gasteiger partial charge in [0.05, 0.1) is 5.52 Å². The van der Waals surface area contributed by atoms with Gasteiger partial charge < -0.3 is 5.73 Å². The Balaban J connectivity index is 1.68. The maximum absolute atomic E-state index is 11.9. The maximum atomic E-state index is 11.9. The lowest BCUT2D eigenvalue weighted by Crippen LogP contribution is -2.32. The van der Waals surface area contributed by atoms with E-state index in [4.69, 9.17) is 5.73 Å². The van der Waals surface area contributed by atoms with E-state index >= 15 is 0 Å². The molecule has 4 heteroatoms. The van der Waals surface area contributed by atoms with E-state index in [0.717, 1.165) is 41.5 Å². The van der Waals surface area contributed by atoms with Gasteiger partial charge in [0.1, 0.15) is 6.54 Å². The first kappa shape index (κ1) is 19.1. The number of nitrogens with zero attached hydrogens (tertiary/aromatic N) is 2. The van der Waals surface area contributed by atoms with Crippen molar-refractivity contribution in [3.05, 3.63) is 66.1 Å². The second-order valence-corrected chi connectivity index (χ2v) is 6.90. The van der Waals surface area contributed by atoms with Crippen molar-refractivity contribution in [3.8, 4) is 0 Å². The topological polar surface area (TPSA) is 51.9 Å². The predicted molar refractivity (Wildman–Crippen MR) is 111 cm³/mol. The zero-order valence-electron chi connectivity index (χ0n) is 16.0. The van der Waals surface area contributed by atoms with Gasteiger partial charge in [-0.3, -0.25) is 9.36 Å². The first-order chi connectivity index (χ1) is 13.2. The molecule has 27 heavy (non-hydrogen) atoms. The van der Waals surface area contributed by atoms with E-state index in [9.17, 15) is 4.79 Å². The Kier molecular flexibility index (Phi) is 6.55. The molecular weight excluding hydrogens is 334 g/mol. The number of carbonyl (C=O) groups excluding carboxylic acids is 1. The third-order valence-corrected chi connectivity index (χ3v) is 4.82. The Morgan fingerprint density at radius 1 is 1.04 bits per heavy atom. The minimum Gasteiger partial charge on any atom is -0.330 e. The first-order valence-corrected chi connectivity index (χ1v) is 9.67. The van der Waals surface area contributed by atoms with E-state index in [2.05, 4.69) is 47.3 Å². The number of benzene rings is 1. The maximum Gasteiger partial charge on any atom is 0.227 e. The van der Waals surface area contributed by atoms with Crippen LogP contribution >= 0.6 is 0 Å². The number of hydrogen-bond donors (Lipinski definition) is 1. The second kappa shape index (κ2) is 9.28. The summed E-state index contributed by atoms with van der Waals surface area (Å²) in [7, 11) is 0. The van der Waals surface area contributed by atoms with E-state index < -0.39 is 0 Å². The van der Waals surface area contributed by atoms with Gasteiger partial charge in [-0.1, -0.05) is 36.8 Å². The molecule has 0 spiro atoms. The van der Waals surface area contributed by atoms with Crippen LogP contribution in [0.5, 0.6) is 0 Å². The van der Waals surface area contributed by atoms with E-state index in [1.54, 1.807) is 11.5 Å². The molecule has 0 atom stereocenters. The first-order valence-electron chi connectivity index (χ1n) is 9.67. The molecule has 0 aliphatic heterocycles. The molecule has 140 valence electrons. The van der Waals surface area contributed by atoms with Gasteiger partial charge in [-0.2, -0.15) is 0 Å². The summed E-state index contributed by atoms with van der Waals surface area (Å²) in [5.74, 6) is 0.0260. The van der Waals surface area contributed by atoms with Crippen LogP contribution in [0, 0.1) is 0 Å². The van der Waals surface area contributed by atoms with Crippen LogP contribution in [0.2, 0.25) is 0 Å². The third kappa shape index (κ3) is 4.92. The zero-order chi connectivity index (χ0) is 19.1. The fourth-order valence-corrected chi connectivity index (χ4v) is 3.31. The van der Waals surface area contributed by atoms with Crippen molar-refractivity contribution >= 4 is 29.0 Å². The minimum atomic E-state index is 0.0260. The van der Waals surface area contributed by atoms with Crippen molar-refractivity contribution in [2.24, 2.45) is 5.73 Å². The lowest BCUT2D eigenvalue weighted by molar-refractivity contribution is -0.697. The number of hydrogen-bond acceptors (Lipinski definition) is 2. The molecule has 2 heterocycles. The number of fused-ring (bicyclic) bond motifs is 1. The Labute approximate surface area is 160 Å². The van der Waals surface area contributed by atoms with E-state index in [-0.39, 0.29) is 5.91 Å². The van der Waals surface area contributed by atoms with Crippen molar-refractivity contribution in [2.75, 3.05) is 6.54 Å². The van der Waals surface area contributed by atoms with Crippen molar-refractivity contribution in [2.45, 2.75) is 39.2 Å². The molecule has 0 saturated heterocycles. The van der Waals surface area contributed by atoms with Crippen molar-refractivity contribution in [1.29, 1.82) is 0 Å². The summed E-state index contributed by atoms with van der Waals surface area (Å²) < 4.78 is 3.93. The fraction of sp³-hybridized carbons (Fsp3) is 0.304.